The number of nitrogens with zero attached hydrogens (tertiary/aromatic N) is 4. The van der Waals surface area contributed by atoms with Gasteiger partial charge in [-0.3, -0.25) is 13.9 Å². The summed E-state index contributed by atoms with van der Waals surface area (Å²) in [6.07, 6.45) is 0. The van der Waals surface area contributed by atoms with E-state index in [4.69, 9.17) is 9.26 Å². The van der Waals surface area contributed by atoms with Crippen molar-refractivity contribution in [2.45, 2.75) is 20.0 Å². The molecule has 0 fully saturated rings. The fraction of sp³-hybridized carbons (Fsp3) is 0.167. The van der Waals surface area contributed by atoms with E-state index < -0.39 is 11.2 Å². The summed E-state index contributed by atoms with van der Waals surface area (Å²) in [5, 5.41) is 5.79. The molecule has 0 aliphatic heterocycles. The molecule has 0 aliphatic rings. The zero-order valence-electron chi connectivity index (χ0n) is 18.1. The van der Waals surface area contributed by atoms with Crippen molar-refractivity contribution in [2.24, 2.45) is 0 Å². The molecular weight excluding hydrogens is 459 g/mol. The summed E-state index contributed by atoms with van der Waals surface area (Å²) < 4.78 is 27.2. The molecule has 8 nitrogen and oxygen atoms in total. The van der Waals surface area contributed by atoms with E-state index in [-0.39, 0.29) is 24.8 Å². The first-order valence-electron chi connectivity index (χ1n) is 10.5. The fourth-order valence-electron chi connectivity index (χ4n) is 3.66. The summed E-state index contributed by atoms with van der Waals surface area (Å²) in [6.45, 7) is 2.45. The minimum Gasteiger partial charge on any atom is -0.494 e. The number of rotatable bonds is 7. The summed E-state index contributed by atoms with van der Waals surface area (Å²) in [4.78, 5) is 30.7. The van der Waals surface area contributed by atoms with Crippen LogP contribution in [0.5, 0.6) is 5.75 Å². The Kier molecular flexibility index (Phi) is 5.81. The third-order valence-electron chi connectivity index (χ3n) is 5.26. The highest BCUT2D eigenvalue weighted by molar-refractivity contribution is 7.17. The van der Waals surface area contributed by atoms with E-state index in [9.17, 15) is 14.0 Å². The normalized spacial score (nSPS) is 11.2. The highest BCUT2D eigenvalue weighted by Gasteiger charge is 2.18. The molecule has 3 heterocycles. The Bertz CT molecular complexity index is 1580. The summed E-state index contributed by atoms with van der Waals surface area (Å²) in [7, 11) is 0. The molecule has 0 aliphatic carbocycles. The van der Waals surface area contributed by atoms with Crippen LogP contribution in [0.3, 0.4) is 0 Å². The molecule has 10 heteroatoms. The Balaban J connectivity index is 1.52. The van der Waals surface area contributed by atoms with Gasteiger partial charge in [-0.25, -0.2) is 9.18 Å². The van der Waals surface area contributed by atoms with Gasteiger partial charge in [-0.05, 0) is 48.2 Å². The van der Waals surface area contributed by atoms with Crippen molar-refractivity contribution < 1.29 is 13.7 Å². The molecule has 0 atom stereocenters. The first-order chi connectivity index (χ1) is 16.5. The molecule has 0 bridgehead atoms. The standard InChI is InChI=1S/C24H19FN4O4S/c1-2-32-18-5-3-4-16(12-18)22-26-20(33-27-22)14-28-19-10-11-34-21(19)23(30)29(24(28)31)13-15-6-8-17(25)9-7-15/h3-12H,2,13-14H2,1H3. The number of ether oxygens (including phenoxy) is 1. The van der Waals surface area contributed by atoms with Crippen molar-refractivity contribution in [3.05, 3.63) is 98.1 Å². The van der Waals surface area contributed by atoms with Crippen molar-refractivity contribution in [2.75, 3.05) is 6.61 Å². The molecule has 5 rings (SSSR count). The van der Waals surface area contributed by atoms with Gasteiger partial charge in [-0.15, -0.1) is 11.3 Å². The third-order valence-corrected chi connectivity index (χ3v) is 6.15. The van der Waals surface area contributed by atoms with E-state index in [2.05, 4.69) is 10.1 Å². The summed E-state index contributed by atoms with van der Waals surface area (Å²) in [5.74, 6) is 0.890. The lowest BCUT2D eigenvalue weighted by Crippen LogP contribution is -2.40. The lowest BCUT2D eigenvalue weighted by molar-refractivity contribution is 0.340. The first kappa shape index (κ1) is 21.8. The monoisotopic (exact) mass is 478 g/mol. The lowest BCUT2D eigenvalue weighted by Gasteiger charge is -2.11. The minimum absolute atomic E-state index is 0.00604. The number of hydrogen-bond donors (Lipinski definition) is 0. The number of thiophene rings is 1. The van der Waals surface area contributed by atoms with Gasteiger partial charge in [0.1, 0.15) is 22.8 Å². The molecule has 0 radical (unpaired) electrons. The van der Waals surface area contributed by atoms with Crippen molar-refractivity contribution in [1.82, 2.24) is 19.3 Å². The summed E-state index contributed by atoms with van der Waals surface area (Å²) in [5.41, 5.74) is 0.939. The van der Waals surface area contributed by atoms with Crippen LogP contribution in [0.2, 0.25) is 0 Å². The Morgan fingerprint density at radius 1 is 1.06 bits per heavy atom. The Morgan fingerprint density at radius 3 is 2.68 bits per heavy atom. The zero-order valence-corrected chi connectivity index (χ0v) is 18.9. The van der Waals surface area contributed by atoms with Crippen LogP contribution in [-0.2, 0) is 13.1 Å². The van der Waals surface area contributed by atoms with Crippen LogP contribution in [0, 0.1) is 5.82 Å². The number of fused-ring (bicyclic) bond motifs is 1. The largest absolute Gasteiger partial charge is 0.494 e. The van der Waals surface area contributed by atoms with Crippen LogP contribution in [0.25, 0.3) is 21.6 Å². The molecule has 0 saturated carbocycles. The predicted molar refractivity (Wildman–Crippen MR) is 126 cm³/mol. The minimum atomic E-state index is -0.515. The SMILES string of the molecule is CCOc1cccc(-c2noc(Cn3c(=O)n(Cc4ccc(F)cc4)c(=O)c4sccc43)n2)c1. The maximum absolute atomic E-state index is 13.3. The van der Waals surface area contributed by atoms with Crippen LogP contribution >= 0.6 is 11.3 Å². The van der Waals surface area contributed by atoms with E-state index in [1.165, 1.54) is 28.0 Å². The quantitative estimate of drug-likeness (QED) is 0.352. The van der Waals surface area contributed by atoms with Gasteiger partial charge in [0.2, 0.25) is 11.7 Å². The van der Waals surface area contributed by atoms with Crippen molar-refractivity contribution >= 4 is 21.6 Å². The highest BCUT2D eigenvalue weighted by atomic mass is 32.1. The van der Waals surface area contributed by atoms with Crippen molar-refractivity contribution in [3.63, 3.8) is 0 Å². The fourth-order valence-corrected chi connectivity index (χ4v) is 4.50. The van der Waals surface area contributed by atoms with E-state index in [0.717, 1.165) is 10.1 Å². The van der Waals surface area contributed by atoms with E-state index >= 15 is 0 Å². The van der Waals surface area contributed by atoms with Gasteiger partial charge < -0.3 is 9.26 Å². The highest BCUT2D eigenvalue weighted by Crippen LogP contribution is 2.22. The smallest absolute Gasteiger partial charge is 0.332 e. The molecule has 34 heavy (non-hydrogen) atoms. The van der Waals surface area contributed by atoms with Crippen molar-refractivity contribution in [3.8, 4) is 17.1 Å². The number of aromatic nitrogens is 4. The molecule has 0 saturated heterocycles. The zero-order chi connectivity index (χ0) is 23.7. The third kappa shape index (κ3) is 4.15. The van der Waals surface area contributed by atoms with Gasteiger partial charge in [0.05, 0.1) is 18.7 Å². The van der Waals surface area contributed by atoms with Gasteiger partial charge in [-0.2, -0.15) is 4.98 Å². The van der Waals surface area contributed by atoms with Gasteiger partial charge >= 0.3 is 5.69 Å². The van der Waals surface area contributed by atoms with Gasteiger partial charge in [0.25, 0.3) is 5.56 Å². The summed E-state index contributed by atoms with van der Waals surface area (Å²) in [6, 6.07) is 14.7. The topological polar surface area (TPSA) is 92.2 Å². The maximum atomic E-state index is 13.3. The molecule has 0 N–H and O–H groups in total. The van der Waals surface area contributed by atoms with Gasteiger partial charge in [0.15, 0.2) is 0 Å². The average molecular weight is 479 g/mol. The van der Waals surface area contributed by atoms with E-state index in [1.54, 1.807) is 23.6 Å². The Hall–Kier alpha value is -4.05. The second-order valence-corrected chi connectivity index (χ2v) is 8.41. The van der Waals surface area contributed by atoms with Crippen LogP contribution in [-0.4, -0.2) is 25.9 Å². The Labute approximate surface area is 196 Å². The first-order valence-corrected chi connectivity index (χ1v) is 11.4. The molecule has 5 aromatic rings. The summed E-state index contributed by atoms with van der Waals surface area (Å²) >= 11 is 1.25. The van der Waals surface area contributed by atoms with E-state index in [1.807, 2.05) is 31.2 Å². The second-order valence-electron chi connectivity index (χ2n) is 7.49. The maximum Gasteiger partial charge on any atom is 0.332 e. The number of hydrogen-bond acceptors (Lipinski definition) is 7. The van der Waals surface area contributed by atoms with E-state index in [0.29, 0.717) is 34.0 Å². The van der Waals surface area contributed by atoms with Gasteiger partial charge in [0, 0.05) is 5.56 Å². The lowest BCUT2D eigenvalue weighted by atomic mass is 10.2. The van der Waals surface area contributed by atoms with Crippen LogP contribution in [0.4, 0.5) is 4.39 Å². The number of benzene rings is 2. The average Bonchev–Trinajstić information content (AvgIpc) is 3.51. The number of halogens is 1. The van der Waals surface area contributed by atoms with Crippen LogP contribution in [0.1, 0.15) is 18.4 Å². The molecule has 0 spiro atoms. The molecule has 0 unspecified atom stereocenters. The molecule has 3 aromatic heterocycles. The van der Waals surface area contributed by atoms with Crippen LogP contribution in [0.15, 0.2) is 74.1 Å². The predicted octanol–water partition coefficient (Wildman–Crippen LogP) is 3.91. The van der Waals surface area contributed by atoms with Gasteiger partial charge in [-0.1, -0.05) is 29.4 Å². The molecule has 2 aromatic carbocycles. The molecule has 172 valence electrons. The second kappa shape index (κ2) is 9.06. The molecule has 0 amide bonds. The van der Waals surface area contributed by atoms with Crippen molar-refractivity contribution in [1.29, 1.82) is 0 Å². The Morgan fingerprint density at radius 2 is 1.88 bits per heavy atom. The molecular formula is C24H19FN4O4S. The van der Waals surface area contributed by atoms with Crippen LogP contribution < -0.4 is 16.0 Å².